The fourth-order valence-corrected chi connectivity index (χ4v) is 3.12. The summed E-state index contributed by atoms with van der Waals surface area (Å²) in [6.45, 7) is 4.79. The van der Waals surface area contributed by atoms with Gasteiger partial charge in [0.1, 0.15) is 5.82 Å². The normalized spacial score (nSPS) is 12.2. The highest BCUT2D eigenvalue weighted by atomic mass is 19.4. The number of alkyl halides is 3. The summed E-state index contributed by atoms with van der Waals surface area (Å²) < 4.78 is 42.1. The van der Waals surface area contributed by atoms with E-state index in [9.17, 15) is 13.2 Å². The highest BCUT2D eigenvalue weighted by Crippen LogP contribution is 2.29. The molecule has 10 heteroatoms. The van der Waals surface area contributed by atoms with E-state index in [1.807, 2.05) is 28.8 Å². The lowest BCUT2D eigenvalue weighted by Crippen LogP contribution is -2.16. The molecule has 0 aliphatic rings. The number of hydrogen-bond donors (Lipinski definition) is 1. The first-order valence-electron chi connectivity index (χ1n) is 8.80. The average molecular weight is 389 g/mol. The summed E-state index contributed by atoms with van der Waals surface area (Å²) in [6.07, 6.45) is -2.07. The van der Waals surface area contributed by atoms with Crippen LogP contribution in [0.25, 0.3) is 16.7 Å². The highest BCUT2D eigenvalue weighted by Gasteiger charge is 2.38. The topological polar surface area (TPSA) is 72.9 Å². The van der Waals surface area contributed by atoms with Crippen LogP contribution in [0, 0.1) is 13.8 Å². The lowest BCUT2D eigenvalue weighted by molar-refractivity contribution is -0.146. The molecule has 0 saturated carbocycles. The zero-order valence-electron chi connectivity index (χ0n) is 15.3. The van der Waals surface area contributed by atoms with Crippen molar-refractivity contribution < 1.29 is 13.2 Å². The largest absolute Gasteiger partial charge is 0.453 e. The third kappa shape index (κ3) is 3.14. The lowest BCUT2D eigenvalue weighted by atomic mass is 10.2. The van der Waals surface area contributed by atoms with Gasteiger partial charge in [0, 0.05) is 18.7 Å². The minimum Gasteiger partial charge on any atom is -0.368 e. The first-order valence-corrected chi connectivity index (χ1v) is 8.80. The van der Waals surface area contributed by atoms with Gasteiger partial charge in [0.15, 0.2) is 5.65 Å². The Kier molecular flexibility index (Phi) is 4.40. The molecular formula is C18H18F3N7. The van der Waals surface area contributed by atoms with Crippen LogP contribution in [0.5, 0.6) is 0 Å². The van der Waals surface area contributed by atoms with E-state index in [4.69, 9.17) is 0 Å². The Labute approximate surface area is 158 Å². The molecule has 4 aromatic rings. The van der Waals surface area contributed by atoms with Gasteiger partial charge in [-0.1, -0.05) is 12.1 Å². The molecule has 0 amide bonds. The van der Waals surface area contributed by atoms with Crippen LogP contribution in [-0.4, -0.2) is 35.9 Å². The van der Waals surface area contributed by atoms with Crippen LogP contribution >= 0.6 is 0 Å². The molecule has 0 fully saturated rings. The van der Waals surface area contributed by atoms with Gasteiger partial charge in [-0.2, -0.15) is 17.7 Å². The van der Waals surface area contributed by atoms with Gasteiger partial charge < -0.3 is 9.88 Å². The van der Waals surface area contributed by atoms with Crippen molar-refractivity contribution in [3.63, 3.8) is 0 Å². The number of para-hydroxylation sites is 2. The Morgan fingerprint density at radius 3 is 2.64 bits per heavy atom. The fourth-order valence-electron chi connectivity index (χ4n) is 3.12. The maximum absolute atomic E-state index is 13.1. The number of nitrogens with one attached hydrogen (secondary N) is 1. The van der Waals surface area contributed by atoms with Crippen molar-refractivity contribution in [2.24, 2.45) is 0 Å². The second kappa shape index (κ2) is 6.77. The van der Waals surface area contributed by atoms with Gasteiger partial charge >= 0.3 is 6.18 Å². The molecule has 28 heavy (non-hydrogen) atoms. The highest BCUT2D eigenvalue weighted by molar-refractivity contribution is 5.74. The molecule has 0 spiro atoms. The molecule has 0 bridgehead atoms. The lowest BCUT2D eigenvalue weighted by Gasteiger charge is -2.13. The Morgan fingerprint density at radius 1 is 1.07 bits per heavy atom. The Morgan fingerprint density at radius 2 is 1.86 bits per heavy atom. The molecule has 3 heterocycles. The van der Waals surface area contributed by atoms with Gasteiger partial charge in [-0.15, -0.1) is 15.3 Å². The minimum atomic E-state index is -4.62. The van der Waals surface area contributed by atoms with Crippen molar-refractivity contribution in [3.05, 3.63) is 47.5 Å². The van der Waals surface area contributed by atoms with Crippen LogP contribution < -0.4 is 5.32 Å². The number of halogens is 3. The molecule has 0 atom stereocenters. The smallest absolute Gasteiger partial charge is 0.368 e. The summed E-state index contributed by atoms with van der Waals surface area (Å²) in [5.74, 6) is -0.732. The third-order valence-electron chi connectivity index (χ3n) is 4.74. The van der Waals surface area contributed by atoms with E-state index in [0.717, 1.165) is 34.1 Å². The molecular weight excluding hydrogens is 371 g/mol. The second-order valence-electron chi connectivity index (χ2n) is 6.56. The van der Waals surface area contributed by atoms with Crippen LogP contribution in [0.2, 0.25) is 0 Å². The molecule has 146 valence electrons. The van der Waals surface area contributed by atoms with Crippen LogP contribution in [0.4, 0.5) is 19.0 Å². The quantitative estimate of drug-likeness (QED) is 0.528. The standard InChI is InChI=1S/C18H18F3N7/c1-11-12(2)16-24-25-17(18(19,20)21)28(16)26-15(11)22-8-5-9-27-10-23-13-6-3-4-7-14(13)27/h3-4,6-7,10H,5,8-9H2,1-2H3,(H,22,26). The van der Waals surface area contributed by atoms with Crippen molar-refractivity contribution in [3.8, 4) is 0 Å². The van der Waals surface area contributed by atoms with Crippen LogP contribution in [0.3, 0.4) is 0 Å². The van der Waals surface area contributed by atoms with Crippen molar-refractivity contribution in [1.82, 2.24) is 29.4 Å². The van der Waals surface area contributed by atoms with E-state index in [0.29, 0.717) is 17.9 Å². The molecule has 4 rings (SSSR count). The zero-order chi connectivity index (χ0) is 19.9. The number of nitrogens with zero attached hydrogens (tertiary/aromatic N) is 6. The number of rotatable bonds is 5. The molecule has 0 aliphatic heterocycles. The van der Waals surface area contributed by atoms with E-state index in [1.54, 1.807) is 20.2 Å². The van der Waals surface area contributed by atoms with Crippen molar-refractivity contribution in [2.45, 2.75) is 33.0 Å². The molecule has 3 aromatic heterocycles. The number of anilines is 1. The predicted molar refractivity (Wildman–Crippen MR) is 98.1 cm³/mol. The summed E-state index contributed by atoms with van der Waals surface area (Å²) in [5.41, 5.74) is 3.46. The van der Waals surface area contributed by atoms with Crippen LogP contribution in [0.15, 0.2) is 30.6 Å². The second-order valence-corrected chi connectivity index (χ2v) is 6.56. The predicted octanol–water partition coefficient (Wildman–Crippen LogP) is 3.61. The Balaban J connectivity index is 1.51. The first-order chi connectivity index (χ1) is 13.4. The van der Waals surface area contributed by atoms with E-state index in [-0.39, 0.29) is 5.65 Å². The zero-order valence-corrected chi connectivity index (χ0v) is 15.3. The number of fused-ring (bicyclic) bond motifs is 2. The maximum atomic E-state index is 13.1. The molecule has 1 N–H and O–H groups in total. The van der Waals surface area contributed by atoms with Crippen molar-refractivity contribution in [2.75, 3.05) is 11.9 Å². The van der Waals surface area contributed by atoms with Crippen LogP contribution in [0.1, 0.15) is 23.4 Å². The summed E-state index contributed by atoms with van der Waals surface area (Å²) in [6, 6.07) is 7.85. The number of aryl methyl sites for hydroxylation is 2. The van der Waals surface area contributed by atoms with Crippen LogP contribution in [-0.2, 0) is 12.7 Å². The Bertz CT molecular complexity index is 1140. The van der Waals surface area contributed by atoms with E-state index >= 15 is 0 Å². The summed E-state index contributed by atoms with van der Waals surface area (Å²) in [5, 5.41) is 14.1. The number of aromatic nitrogens is 6. The van der Waals surface area contributed by atoms with E-state index in [1.165, 1.54) is 0 Å². The molecule has 0 aliphatic carbocycles. The van der Waals surface area contributed by atoms with Crippen molar-refractivity contribution >= 4 is 22.5 Å². The van der Waals surface area contributed by atoms with Gasteiger partial charge in [-0.25, -0.2) is 4.98 Å². The Hall–Kier alpha value is -3.17. The van der Waals surface area contributed by atoms with Gasteiger partial charge in [-0.3, -0.25) is 0 Å². The number of benzene rings is 1. The SMILES string of the molecule is Cc1c(NCCCn2cnc3ccccc32)nn2c(C(F)(F)F)nnc2c1C. The van der Waals surface area contributed by atoms with E-state index < -0.39 is 12.0 Å². The molecule has 0 radical (unpaired) electrons. The molecule has 7 nitrogen and oxygen atoms in total. The summed E-state index contributed by atoms with van der Waals surface area (Å²) >= 11 is 0. The van der Waals surface area contributed by atoms with Crippen molar-refractivity contribution in [1.29, 1.82) is 0 Å². The third-order valence-corrected chi connectivity index (χ3v) is 4.74. The molecule has 1 aromatic carbocycles. The first kappa shape index (κ1) is 18.2. The minimum absolute atomic E-state index is 0.111. The summed E-state index contributed by atoms with van der Waals surface area (Å²) in [7, 11) is 0. The van der Waals surface area contributed by atoms with Gasteiger partial charge in [-0.05, 0) is 38.0 Å². The number of hydrogen-bond acceptors (Lipinski definition) is 5. The van der Waals surface area contributed by atoms with E-state index in [2.05, 4.69) is 25.6 Å². The average Bonchev–Trinajstić information content (AvgIpc) is 3.26. The maximum Gasteiger partial charge on any atom is 0.453 e. The molecule has 0 unspecified atom stereocenters. The fraction of sp³-hybridized carbons (Fsp3) is 0.333. The monoisotopic (exact) mass is 389 g/mol. The molecule has 0 saturated heterocycles. The van der Waals surface area contributed by atoms with Gasteiger partial charge in [0.25, 0.3) is 5.82 Å². The number of imidazole rings is 1. The summed E-state index contributed by atoms with van der Waals surface area (Å²) in [4.78, 5) is 4.35. The van der Waals surface area contributed by atoms with Gasteiger partial charge in [0.2, 0.25) is 0 Å². The van der Waals surface area contributed by atoms with Gasteiger partial charge in [0.05, 0.1) is 17.4 Å².